The highest BCUT2D eigenvalue weighted by atomic mass is 32.2. The van der Waals surface area contributed by atoms with Crippen LogP contribution in [0.1, 0.15) is 12.3 Å². The summed E-state index contributed by atoms with van der Waals surface area (Å²) in [6.07, 6.45) is 0.684. The minimum absolute atomic E-state index is 0.211. The van der Waals surface area contributed by atoms with Crippen molar-refractivity contribution in [2.45, 2.75) is 23.4 Å². The SMILES string of the molecule is NCc1nnc(SC2CCOC2=O)o1. The van der Waals surface area contributed by atoms with Gasteiger partial charge in [-0.3, -0.25) is 4.79 Å². The zero-order valence-corrected chi connectivity index (χ0v) is 8.12. The maximum Gasteiger partial charge on any atom is 0.319 e. The van der Waals surface area contributed by atoms with Crippen molar-refractivity contribution in [3.05, 3.63) is 5.89 Å². The fraction of sp³-hybridized carbons (Fsp3) is 0.571. The van der Waals surface area contributed by atoms with Gasteiger partial charge in [-0.25, -0.2) is 0 Å². The van der Waals surface area contributed by atoms with Crippen LogP contribution in [0.15, 0.2) is 9.64 Å². The number of carbonyl (C=O) groups excluding carboxylic acids is 1. The number of carbonyl (C=O) groups is 1. The fourth-order valence-corrected chi connectivity index (χ4v) is 1.93. The number of rotatable bonds is 3. The first-order valence-corrected chi connectivity index (χ1v) is 5.03. The summed E-state index contributed by atoms with van der Waals surface area (Å²) >= 11 is 1.23. The van der Waals surface area contributed by atoms with Crippen molar-refractivity contribution >= 4 is 17.7 Å². The van der Waals surface area contributed by atoms with E-state index >= 15 is 0 Å². The van der Waals surface area contributed by atoms with Crippen molar-refractivity contribution < 1.29 is 13.9 Å². The van der Waals surface area contributed by atoms with E-state index in [9.17, 15) is 4.79 Å². The molecule has 0 radical (unpaired) electrons. The van der Waals surface area contributed by atoms with Crippen LogP contribution in [-0.4, -0.2) is 28.0 Å². The number of hydrogen-bond donors (Lipinski definition) is 1. The molecule has 1 aromatic heterocycles. The van der Waals surface area contributed by atoms with Crippen LogP contribution in [-0.2, 0) is 16.1 Å². The molecule has 0 aromatic carbocycles. The smallest absolute Gasteiger partial charge is 0.319 e. The van der Waals surface area contributed by atoms with Gasteiger partial charge in [0.25, 0.3) is 5.22 Å². The minimum Gasteiger partial charge on any atom is -0.465 e. The summed E-state index contributed by atoms with van der Waals surface area (Å²) in [4.78, 5) is 11.1. The van der Waals surface area contributed by atoms with Gasteiger partial charge < -0.3 is 14.9 Å². The highest BCUT2D eigenvalue weighted by molar-refractivity contribution is 8.00. The van der Waals surface area contributed by atoms with Crippen LogP contribution in [0.25, 0.3) is 0 Å². The second-order valence-electron chi connectivity index (χ2n) is 2.73. The largest absolute Gasteiger partial charge is 0.465 e. The zero-order chi connectivity index (χ0) is 9.97. The average molecular weight is 215 g/mol. The van der Waals surface area contributed by atoms with Gasteiger partial charge in [0.2, 0.25) is 5.89 Å². The van der Waals surface area contributed by atoms with Gasteiger partial charge in [-0.2, -0.15) is 0 Å². The van der Waals surface area contributed by atoms with Crippen LogP contribution in [0.2, 0.25) is 0 Å². The molecule has 1 aromatic rings. The molecule has 76 valence electrons. The monoisotopic (exact) mass is 215 g/mol. The Hall–Kier alpha value is -1.08. The highest BCUT2D eigenvalue weighted by Crippen LogP contribution is 2.28. The molecule has 7 heteroatoms. The third kappa shape index (κ3) is 1.88. The molecule has 6 nitrogen and oxygen atoms in total. The number of thioether (sulfide) groups is 1. The van der Waals surface area contributed by atoms with Crippen LogP contribution in [0, 0.1) is 0 Å². The predicted molar refractivity (Wildman–Crippen MR) is 47.4 cm³/mol. The molecule has 2 heterocycles. The zero-order valence-electron chi connectivity index (χ0n) is 7.30. The Morgan fingerprint density at radius 2 is 2.43 bits per heavy atom. The molecule has 1 aliphatic rings. The highest BCUT2D eigenvalue weighted by Gasteiger charge is 2.29. The van der Waals surface area contributed by atoms with E-state index in [4.69, 9.17) is 14.9 Å². The third-order valence-electron chi connectivity index (χ3n) is 1.75. The van der Waals surface area contributed by atoms with Crippen molar-refractivity contribution in [3.63, 3.8) is 0 Å². The summed E-state index contributed by atoms with van der Waals surface area (Å²) in [5, 5.41) is 7.58. The van der Waals surface area contributed by atoms with E-state index in [0.29, 0.717) is 24.1 Å². The molecule has 1 aliphatic heterocycles. The standard InChI is InChI=1S/C7H9N3O3S/c8-3-5-9-10-7(13-5)14-4-1-2-12-6(4)11/h4H,1-3,8H2. The Kier molecular flexibility index (Phi) is 2.69. The van der Waals surface area contributed by atoms with Crippen LogP contribution >= 0.6 is 11.8 Å². The first-order chi connectivity index (χ1) is 6.79. The second-order valence-corrected chi connectivity index (χ2v) is 3.88. The van der Waals surface area contributed by atoms with Crippen molar-refractivity contribution in [1.82, 2.24) is 10.2 Å². The summed E-state index contributed by atoms with van der Waals surface area (Å²) in [6.45, 7) is 0.678. The molecule has 0 amide bonds. The average Bonchev–Trinajstić information content (AvgIpc) is 2.77. The number of ether oxygens (including phenoxy) is 1. The first kappa shape index (κ1) is 9.47. The fourth-order valence-electron chi connectivity index (χ4n) is 1.07. The molecule has 0 spiro atoms. The Labute approximate surface area is 84.2 Å². The molecule has 1 atom stereocenters. The molecule has 0 saturated carbocycles. The number of esters is 1. The maximum absolute atomic E-state index is 11.1. The topological polar surface area (TPSA) is 91.2 Å². The lowest BCUT2D eigenvalue weighted by Crippen LogP contribution is -2.09. The van der Waals surface area contributed by atoms with Gasteiger partial charge in [-0.05, 0) is 11.8 Å². The van der Waals surface area contributed by atoms with Gasteiger partial charge in [0.1, 0.15) is 5.25 Å². The Balaban J connectivity index is 1.99. The lowest BCUT2D eigenvalue weighted by Gasteiger charge is -1.98. The maximum atomic E-state index is 11.1. The van der Waals surface area contributed by atoms with Crippen LogP contribution in [0.4, 0.5) is 0 Å². The van der Waals surface area contributed by atoms with Gasteiger partial charge in [-0.15, -0.1) is 10.2 Å². The summed E-state index contributed by atoms with van der Waals surface area (Å²) < 4.78 is 9.95. The normalized spacial score (nSPS) is 21.2. The summed E-state index contributed by atoms with van der Waals surface area (Å²) in [5.74, 6) is 0.154. The predicted octanol–water partition coefficient (Wildman–Crippen LogP) is -0.0641. The van der Waals surface area contributed by atoms with E-state index in [1.165, 1.54) is 11.8 Å². The van der Waals surface area contributed by atoms with Crippen molar-refractivity contribution in [2.24, 2.45) is 5.73 Å². The molecule has 1 unspecified atom stereocenters. The number of nitrogens with two attached hydrogens (primary N) is 1. The van der Waals surface area contributed by atoms with E-state index in [2.05, 4.69) is 10.2 Å². The molecular formula is C7H9N3O3S. The summed E-state index contributed by atoms with van der Waals surface area (Å²) in [7, 11) is 0. The van der Waals surface area contributed by atoms with E-state index in [1.54, 1.807) is 0 Å². The number of cyclic esters (lactones) is 1. The molecule has 2 N–H and O–H groups in total. The molecule has 14 heavy (non-hydrogen) atoms. The van der Waals surface area contributed by atoms with Gasteiger partial charge in [-0.1, -0.05) is 0 Å². The first-order valence-electron chi connectivity index (χ1n) is 4.15. The van der Waals surface area contributed by atoms with Gasteiger partial charge in [0.15, 0.2) is 0 Å². The minimum atomic E-state index is -0.221. The van der Waals surface area contributed by atoms with Crippen LogP contribution in [0.3, 0.4) is 0 Å². The number of aromatic nitrogens is 2. The summed E-state index contributed by atoms with van der Waals surface area (Å²) in [5.41, 5.74) is 5.30. The van der Waals surface area contributed by atoms with E-state index < -0.39 is 0 Å². The van der Waals surface area contributed by atoms with Gasteiger partial charge >= 0.3 is 5.97 Å². The van der Waals surface area contributed by atoms with Gasteiger partial charge in [0.05, 0.1) is 13.2 Å². The molecule has 1 fully saturated rings. The molecule has 2 rings (SSSR count). The number of nitrogens with zero attached hydrogens (tertiary/aromatic N) is 2. The lowest BCUT2D eigenvalue weighted by molar-refractivity contribution is -0.137. The lowest BCUT2D eigenvalue weighted by atomic mass is 10.4. The quantitative estimate of drug-likeness (QED) is 0.706. The van der Waals surface area contributed by atoms with Gasteiger partial charge in [0, 0.05) is 6.42 Å². The molecule has 1 saturated heterocycles. The molecule has 0 bridgehead atoms. The van der Waals surface area contributed by atoms with Crippen molar-refractivity contribution in [1.29, 1.82) is 0 Å². The van der Waals surface area contributed by atoms with Crippen LogP contribution in [0.5, 0.6) is 0 Å². The Bertz CT molecular complexity index is 341. The van der Waals surface area contributed by atoms with E-state index in [0.717, 1.165) is 0 Å². The van der Waals surface area contributed by atoms with Crippen molar-refractivity contribution in [3.8, 4) is 0 Å². The van der Waals surface area contributed by atoms with E-state index in [1.807, 2.05) is 0 Å². The molecule has 0 aliphatic carbocycles. The molecular weight excluding hydrogens is 206 g/mol. The van der Waals surface area contributed by atoms with Crippen molar-refractivity contribution in [2.75, 3.05) is 6.61 Å². The third-order valence-corrected chi connectivity index (χ3v) is 2.83. The van der Waals surface area contributed by atoms with E-state index in [-0.39, 0.29) is 17.8 Å². The van der Waals surface area contributed by atoms with Crippen LogP contribution < -0.4 is 5.73 Å². The summed E-state index contributed by atoms with van der Waals surface area (Å²) in [6, 6.07) is 0. The second kappa shape index (κ2) is 3.97. The Morgan fingerprint density at radius 1 is 1.57 bits per heavy atom. The Morgan fingerprint density at radius 3 is 3.00 bits per heavy atom. The number of hydrogen-bond acceptors (Lipinski definition) is 7.